The standard InChI is InChI=1S/C26H23N/c1-2-21-13-17-25(18-14-21)27(24-11-7-4-8-12-24)26-19-15-23(16-20-26)22-9-5-3-6-10-22/h3-20H,2H2,1H3. The monoisotopic (exact) mass is 349 g/mol. The molecule has 0 unspecified atom stereocenters. The number of anilines is 3. The van der Waals surface area contributed by atoms with E-state index in [1.165, 1.54) is 22.4 Å². The van der Waals surface area contributed by atoms with Gasteiger partial charge >= 0.3 is 0 Å². The number of rotatable bonds is 5. The van der Waals surface area contributed by atoms with Gasteiger partial charge in [-0.15, -0.1) is 0 Å². The van der Waals surface area contributed by atoms with Crippen molar-refractivity contribution in [2.45, 2.75) is 13.3 Å². The molecule has 0 saturated carbocycles. The second-order valence-corrected chi connectivity index (χ2v) is 6.60. The van der Waals surface area contributed by atoms with Crippen molar-refractivity contribution >= 4 is 17.1 Å². The normalized spacial score (nSPS) is 10.6. The molecule has 4 aromatic carbocycles. The second-order valence-electron chi connectivity index (χ2n) is 6.60. The molecule has 0 heterocycles. The molecule has 0 bridgehead atoms. The fourth-order valence-electron chi connectivity index (χ4n) is 3.34. The number of benzene rings is 4. The van der Waals surface area contributed by atoms with Crippen molar-refractivity contribution < 1.29 is 0 Å². The highest BCUT2D eigenvalue weighted by Gasteiger charge is 2.12. The molecule has 0 spiro atoms. The Morgan fingerprint density at radius 1 is 0.481 bits per heavy atom. The van der Waals surface area contributed by atoms with E-state index in [4.69, 9.17) is 0 Å². The average molecular weight is 349 g/mol. The summed E-state index contributed by atoms with van der Waals surface area (Å²) in [6, 6.07) is 38.6. The summed E-state index contributed by atoms with van der Waals surface area (Å²) in [4.78, 5) is 2.30. The molecule has 0 atom stereocenters. The molecule has 27 heavy (non-hydrogen) atoms. The lowest BCUT2D eigenvalue weighted by Crippen LogP contribution is -2.09. The fraction of sp³-hybridized carbons (Fsp3) is 0.0769. The van der Waals surface area contributed by atoms with Crippen molar-refractivity contribution in [1.82, 2.24) is 0 Å². The number of hydrogen-bond acceptors (Lipinski definition) is 1. The van der Waals surface area contributed by atoms with E-state index < -0.39 is 0 Å². The van der Waals surface area contributed by atoms with Gasteiger partial charge in [-0.25, -0.2) is 0 Å². The maximum absolute atomic E-state index is 2.30. The molecule has 4 aromatic rings. The molecule has 0 aromatic heterocycles. The predicted molar refractivity (Wildman–Crippen MR) is 116 cm³/mol. The Morgan fingerprint density at radius 3 is 1.48 bits per heavy atom. The van der Waals surface area contributed by atoms with Gasteiger partial charge in [0.1, 0.15) is 0 Å². The minimum absolute atomic E-state index is 1.05. The molecule has 4 rings (SSSR count). The predicted octanol–water partition coefficient (Wildman–Crippen LogP) is 7.39. The Balaban J connectivity index is 1.74. The lowest BCUT2D eigenvalue weighted by atomic mass is 10.0. The van der Waals surface area contributed by atoms with Crippen molar-refractivity contribution in [2.24, 2.45) is 0 Å². The summed E-state index contributed by atoms with van der Waals surface area (Å²) in [6.45, 7) is 2.19. The number of nitrogens with zero attached hydrogens (tertiary/aromatic N) is 1. The van der Waals surface area contributed by atoms with Crippen LogP contribution >= 0.6 is 0 Å². The van der Waals surface area contributed by atoms with Crippen LogP contribution in [0.15, 0.2) is 109 Å². The first kappa shape index (κ1) is 17.1. The van der Waals surface area contributed by atoms with Crippen LogP contribution in [0.1, 0.15) is 12.5 Å². The zero-order chi connectivity index (χ0) is 18.5. The smallest absolute Gasteiger partial charge is 0.0462 e. The zero-order valence-corrected chi connectivity index (χ0v) is 15.5. The van der Waals surface area contributed by atoms with E-state index in [1.807, 2.05) is 0 Å². The van der Waals surface area contributed by atoms with E-state index >= 15 is 0 Å². The van der Waals surface area contributed by atoms with Crippen LogP contribution in [0.3, 0.4) is 0 Å². The van der Waals surface area contributed by atoms with E-state index in [0.29, 0.717) is 0 Å². The highest BCUT2D eigenvalue weighted by atomic mass is 15.1. The van der Waals surface area contributed by atoms with Gasteiger partial charge in [0.05, 0.1) is 0 Å². The molecular formula is C26H23N. The van der Waals surface area contributed by atoms with Crippen LogP contribution in [0, 0.1) is 0 Å². The third kappa shape index (κ3) is 3.78. The molecule has 0 saturated heterocycles. The first-order valence-electron chi connectivity index (χ1n) is 9.45. The average Bonchev–Trinajstić information content (AvgIpc) is 2.76. The number of hydrogen-bond donors (Lipinski definition) is 0. The van der Waals surface area contributed by atoms with Crippen molar-refractivity contribution in [2.75, 3.05) is 4.90 Å². The maximum atomic E-state index is 2.30. The fourth-order valence-corrected chi connectivity index (χ4v) is 3.34. The van der Waals surface area contributed by atoms with Crippen LogP contribution in [0.25, 0.3) is 11.1 Å². The van der Waals surface area contributed by atoms with Gasteiger partial charge in [-0.2, -0.15) is 0 Å². The maximum Gasteiger partial charge on any atom is 0.0462 e. The topological polar surface area (TPSA) is 3.24 Å². The first-order valence-corrected chi connectivity index (χ1v) is 9.45. The molecule has 0 fully saturated rings. The van der Waals surface area contributed by atoms with E-state index in [-0.39, 0.29) is 0 Å². The molecule has 0 aliphatic heterocycles. The summed E-state index contributed by atoms with van der Waals surface area (Å²) in [7, 11) is 0. The van der Waals surface area contributed by atoms with Crippen LogP contribution in [-0.2, 0) is 6.42 Å². The van der Waals surface area contributed by atoms with Crippen LogP contribution in [0.5, 0.6) is 0 Å². The molecule has 1 heteroatoms. The second kappa shape index (κ2) is 7.92. The van der Waals surface area contributed by atoms with Gasteiger partial charge in [-0.1, -0.05) is 79.7 Å². The third-order valence-corrected chi connectivity index (χ3v) is 4.85. The van der Waals surface area contributed by atoms with Gasteiger partial charge in [0.25, 0.3) is 0 Å². The first-order chi connectivity index (χ1) is 13.3. The lowest BCUT2D eigenvalue weighted by Gasteiger charge is -2.25. The largest absolute Gasteiger partial charge is 0.311 e. The Hall–Kier alpha value is -3.32. The van der Waals surface area contributed by atoms with Crippen LogP contribution in [0.2, 0.25) is 0 Å². The van der Waals surface area contributed by atoms with Crippen molar-refractivity contribution in [3.8, 4) is 11.1 Å². The van der Waals surface area contributed by atoms with Gasteiger partial charge in [0.15, 0.2) is 0 Å². The number of aryl methyl sites for hydroxylation is 1. The van der Waals surface area contributed by atoms with Crippen molar-refractivity contribution in [1.29, 1.82) is 0 Å². The summed E-state index contributed by atoms with van der Waals surface area (Å²) >= 11 is 0. The minimum atomic E-state index is 1.05. The van der Waals surface area contributed by atoms with Gasteiger partial charge < -0.3 is 4.90 Å². The molecule has 0 aliphatic carbocycles. The minimum Gasteiger partial charge on any atom is -0.311 e. The van der Waals surface area contributed by atoms with Crippen LogP contribution < -0.4 is 4.90 Å². The van der Waals surface area contributed by atoms with Crippen molar-refractivity contribution in [3.63, 3.8) is 0 Å². The zero-order valence-electron chi connectivity index (χ0n) is 15.5. The molecule has 0 N–H and O–H groups in total. The molecule has 132 valence electrons. The molecule has 0 amide bonds. The van der Waals surface area contributed by atoms with Crippen LogP contribution in [0.4, 0.5) is 17.1 Å². The SMILES string of the molecule is CCc1ccc(N(c2ccccc2)c2ccc(-c3ccccc3)cc2)cc1. The molecule has 0 aliphatic rings. The van der Waals surface area contributed by atoms with Gasteiger partial charge in [-0.05, 0) is 59.5 Å². The van der Waals surface area contributed by atoms with Gasteiger partial charge in [0, 0.05) is 17.1 Å². The summed E-state index contributed by atoms with van der Waals surface area (Å²) in [5.41, 5.74) is 7.31. The van der Waals surface area contributed by atoms with E-state index in [1.54, 1.807) is 0 Å². The lowest BCUT2D eigenvalue weighted by molar-refractivity contribution is 1.14. The third-order valence-electron chi connectivity index (χ3n) is 4.85. The summed E-state index contributed by atoms with van der Waals surface area (Å²) in [5.74, 6) is 0. The van der Waals surface area contributed by atoms with E-state index in [2.05, 4.69) is 121 Å². The summed E-state index contributed by atoms with van der Waals surface area (Å²) in [5, 5.41) is 0. The Bertz CT molecular complexity index is 972. The van der Waals surface area contributed by atoms with Crippen LogP contribution in [-0.4, -0.2) is 0 Å². The Kier molecular flexibility index (Phi) is 5.02. The summed E-state index contributed by atoms with van der Waals surface area (Å²) in [6.07, 6.45) is 1.05. The molecular weight excluding hydrogens is 326 g/mol. The Labute approximate surface area is 161 Å². The number of para-hydroxylation sites is 1. The highest BCUT2D eigenvalue weighted by Crippen LogP contribution is 2.35. The molecule has 1 nitrogen and oxygen atoms in total. The van der Waals surface area contributed by atoms with Gasteiger partial charge in [-0.3, -0.25) is 0 Å². The highest BCUT2D eigenvalue weighted by molar-refractivity contribution is 5.78. The van der Waals surface area contributed by atoms with E-state index in [0.717, 1.165) is 17.8 Å². The van der Waals surface area contributed by atoms with Gasteiger partial charge in [0.2, 0.25) is 0 Å². The quantitative estimate of drug-likeness (QED) is 0.363. The van der Waals surface area contributed by atoms with E-state index in [9.17, 15) is 0 Å². The molecule has 0 radical (unpaired) electrons. The van der Waals surface area contributed by atoms with Crippen molar-refractivity contribution in [3.05, 3.63) is 115 Å². The Morgan fingerprint density at radius 2 is 0.926 bits per heavy atom. The summed E-state index contributed by atoms with van der Waals surface area (Å²) < 4.78 is 0.